The molecule has 0 saturated heterocycles. The minimum Gasteiger partial charge on any atom is -0.464 e. The predicted molar refractivity (Wildman–Crippen MR) is 76.0 cm³/mol. The molecule has 2 N–H and O–H groups in total. The molecule has 1 aromatic heterocycles. The number of carbonyl (C=O) groups excluding carboxylic acids is 1. The van der Waals surface area contributed by atoms with E-state index in [0.717, 1.165) is 5.56 Å². The van der Waals surface area contributed by atoms with Crippen LogP contribution >= 0.6 is 0 Å². The lowest BCUT2D eigenvalue weighted by molar-refractivity contribution is 0.0590. The number of nitrogens with two attached hydrogens (primary N) is 1. The molecule has 2 aromatic rings. The van der Waals surface area contributed by atoms with E-state index in [-0.39, 0.29) is 11.4 Å². The maximum atomic E-state index is 11.9. The lowest BCUT2D eigenvalue weighted by Crippen LogP contribution is -2.12. The summed E-state index contributed by atoms with van der Waals surface area (Å²) in [6.45, 7) is 2.40. The molecule has 0 radical (unpaired) electrons. The summed E-state index contributed by atoms with van der Waals surface area (Å²) in [5.74, 6) is -0.539. The van der Waals surface area contributed by atoms with Crippen LogP contribution in [0.3, 0.4) is 0 Å². The molecule has 0 aliphatic carbocycles. The van der Waals surface area contributed by atoms with Crippen molar-refractivity contribution in [3.8, 4) is 17.3 Å². The Morgan fingerprint density at radius 1 is 1.40 bits per heavy atom. The first-order chi connectivity index (χ1) is 9.65. The van der Waals surface area contributed by atoms with Crippen molar-refractivity contribution >= 4 is 11.7 Å². The average molecular weight is 269 g/mol. The van der Waals surface area contributed by atoms with Crippen LogP contribution in [0.1, 0.15) is 23.0 Å². The second-order valence-electron chi connectivity index (χ2n) is 4.20. The van der Waals surface area contributed by atoms with E-state index in [9.17, 15) is 10.1 Å². The Labute approximate surface area is 117 Å². The predicted octanol–water partition coefficient (Wildman–Crippen LogP) is 2.42. The zero-order valence-electron chi connectivity index (χ0n) is 11.4. The number of nitriles is 1. The molecule has 0 bridgehead atoms. The Morgan fingerprint density at radius 3 is 2.55 bits per heavy atom. The van der Waals surface area contributed by atoms with Gasteiger partial charge < -0.3 is 15.0 Å². The number of aromatic nitrogens is 1. The van der Waals surface area contributed by atoms with Crippen molar-refractivity contribution in [3.05, 3.63) is 41.6 Å². The number of nitrogen functional groups attached to an aromatic ring is 1. The highest BCUT2D eigenvalue weighted by Crippen LogP contribution is 2.33. The summed E-state index contributed by atoms with van der Waals surface area (Å²) in [6, 6.07) is 11.5. The summed E-state index contributed by atoms with van der Waals surface area (Å²) in [5.41, 5.74) is 8.15. The average Bonchev–Trinajstić information content (AvgIpc) is 2.79. The van der Waals surface area contributed by atoms with Crippen LogP contribution in [0.4, 0.5) is 5.69 Å². The highest BCUT2D eigenvalue weighted by atomic mass is 16.5. The molecule has 0 amide bonds. The number of methoxy groups -OCH3 is 1. The molecule has 1 heterocycles. The van der Waals surface area contributed by atoms with Crippen molar-refractivity contribution in [1.82, 2.24) is 4.57 Å². The summed E-state index contributed by atoms with van der Waals surface area (Å²) in [5, 5.41) is 9.35. The Morgan fingerprint density at radius 2 is 2.05 bits per heavy atom. The summed E-state index contributed by atoms with van der Waals surface area (Å²) < 4.78 is 6.48. The number of hydrogen-bond donors (Lipinski definition) is 1. The van der Waals surface area contributed by atoms with E-state index >= 15 is 0 Å². The molecule has 2 rings (SSSR count). The van der Waals surface area contributed by atoms with Gasteiger partial charge in [0.25, 0.3) is 0 Å². The van der Waals surface area contributed by atoms with Crippen LogP contribution in [0.25, 0.3) is 11.3 Å². The second kappa shape index (κ2) is 5.49. The van der Waals surface area contributed by atoms with Crippen molar-refractivity contribution < 1.29 is 9.53 Å². The van der Waals surface area contributed by atoms with E-state index in [0.29, 0.717) is 17.8 Å². The van der Waals surface area contributed by atoms with Crippen molar-refractivity contribution in [2.75, 3.05) is 12.8 Å². The van der Waals surface area contributed by atoms with Gasteiger partial charge in [0.05, 0.1) is 18.5 Å². The topological polar surface area (TPSA) is 81.0 Å². The molecule has 0 saturated carbocycles. The van der Waals surface area contributed by atoms with E-state index in [1.807, 2.05) is 37.3 Å². The molecule has 102 valence electrons. The Hall–Kier alpha value is -2.74. The first-order valence-electron chi connectivity index (χ1n) is 6.21. The van der Waals surface area contributed by atoms with Gasteiger partial charge in [-0.05, 0) is 12.5 Å². The Balaban J connectivity index is 2.81. The second-order valence-corrected chi connectivity index (χ2v) is 4.20. The maximum Gasteiger partial charge on any atom is 0.356 e. The number of rotatable bonds is 3. The van der Waals surface area contributed by atoms with Gasteiger partial charge in [-0.3, -0.25) is 0 Å². The van der Waals surface area contributed by atoms with Gasteiger partial charge >= 0.3 is 5.97 Å². The smallest absolute Gasteiger partial charge is 0.356 e. The Kier molecular flexibility index (Phi) is 3.76. The van der Waals surface area contributed by atoms with E-state index < -0.39 is 5.97 Å². The van der Waals surface area contributed by atoms with Crippen molar-refractivity contribution in [1.29, 1.82) is 5.26 Å². The van der Waals surface area contributed by atoms with Crippen LogP contribution in [0, 0.1) is 11.3 Å². The number of esters is 1. The fourth-order valence-corrected chi connectivity index (χ4v) is 2.28. The van der Waals surface area contributed by atoms with Crippen LogP contribution in [0.15, 0.2) is 30.3 Å². The highest BCUT2D eigenvalue weighted by molar-refractivity contribution is 5.98. The molecule has 0 fully saturated rings. The van der Waals surface area contributed by atoms with E-state index in [4.69, 9.17) is 10.5 Å². The van der Waals surface area contributed by atoms with Crippen molar-refractivity contribution in [2.45, 2.75) is 13.5 Å². The van der Waals surface area contributed by atoms with Crippen molar-refractivity contribution in [2.24, 2.45) is 0 Å². The molecule has 0 aliphatic heterocycles. The largest absolute Gasteiger partial charge is 0.464 e. The first-order valence-corrected chi connectivity index (χ1v) is 6.21. The fraction of sp³-hybridized carbons (Fsp3) is 0.200. The molecule has 5 nitrogen and oxygen atoms in total. The maximum absolute atomic E-state index is 11.9. The molecule has 0 aliphatic rings. The standard InChI is InChI=1S/C15H15N3O2/c1-3-18-13(10-7-5-4-6-8-10)11(9-16)12(17)14(18)15(19)20-2/h4-8H,3,17H2,1-2H3. The lowest BCUT2D eigenvalue weighted by Gasteiger charge is -2.10. The molecule has 5 heteroatoms. The third-order valence-corrected chi connectivity index (χ3v) is 3.16. The highest BCUT2D eigenvalue weighted by Gasteiger charge is 2.26. The van der Waals surface area contributed by atoms with E-state index in [1.165, 1.54) is 7.11 Å². The Bertz CT molecular complexity index is 681. The van der Waals surface area contributed by atoms with Crippen LogP contribution in [-0.4, -0.2) is 17.6 Å². The van der Waals surface area contributed by atoms with Gasteiger partial charge in [0.2, 0.25) is 0 Å². The van der Waals surface area contributed by atoms with Crippen LogP contribution in [0.2, 0.25) is 0 Å². The van der Waals surface area contributed by atoms with E-state index in [2.05, 4.69) is 6.07 Å². The van der Waals surface area contributed by atoms with Crippen molar-refractivity contribution in [3.63, 3.8) is 0 Å². The number of carbonyl (C=O) groups is 1. The van der Waals surface area contributed by atoms with Gasteiger partial charge in [-0.1, -0.05) is 30.3 Å². The summed E-state index contributed by atoms with van der Waals surface area (Å²) >= 11 is 0. The van der Waals surface area contributed by atoms with Gasteiger partial charge in [0.15, 0.2) is 5.69 Å². The fourth-order valence-electron chi connectivity index (χ4n) is 2.28. The minimum atomic E-state index is -0.539. The number of nitrogens with zero attached hydrogens (tertiary/aromatic N) is 2. The van der Waals surface area contributed by atoms with Crippen LogP contribution in [-0.2, 0) is 11.3 Å². The molecular weight excluding hydrogens is 254 g/mol. The van der Waals surface area contributed by atoms with Gasteiger partial charge in [0.1, 0.15) is 11.6 Å². The first kappa shape index (κ1) is 13.7. The number of ether oxygens (including phenoxy) is 1. The molecule has 0 atom stereocenters. The monoisotopic (exact) mass is 269 g/mol. The summed E-state index contributed by atoms with van der Waals surface area (Å²) in [6.07, 6.45) is 0. The zero-order chi connectivity index (χ0) is 14.7. The molecular formula is C15H15N3O2. The van der Waals surface area contributed by atoms with E-state index in [1.54, 1.807) is 4.57 Å². The number of benzene rings is 1. The van der Waals surface area contributed by atoms with Crippen LogP contribution in [0.5, 0.6) is 0 Å². The SMILES string of the molecule is CCn1c(C(=O)OC)c(N)c(C#N)c1-c1ccccc1. The molecule has 0 spiro atoms. The van der Waals surface area contributed by atoms with Gasteiger partial charge in [-0.25, -0.2) is 4.79 Å². The zero-order valence-corrected chi connectivity index (χ0v) is 11.4. The minimum absolute atomic E-state index is 0.167. The lowest BCUT2D eigenvalue weighted by atomic mass is 10.1. The number of anilines is 1. The molecule has 20 heavy (non-hydrogen) atoms. The number of hydrogen-bond acceptors (Lipinski definition) is 4. The third-order valence-electron chi connectivity index (χ3n) is 3.16. The molecule has 0 unspecified atom stereocenters. The summed E-state index contributed by atoms with van der Waals surface area (Å²) in [7, 11) is 1.29. The third kappa shape index (κ3) is 2.01. The van der Waals surface area contributed by atoms with Gasteiger partial charge in [-0.15, -0.1) is 0 Å². The molecule has 1 aromatic carbocycles. The van der Waals surface area contributed by atoms with Gasteiger partial charge in [-0.2, -0.15) is 5.26 Å². The normalized spacial score (nSPS) is 10.1. The van der Waals surface area contributed by atoms with Crippen LogP contribution < -0.4 is 5.73 Å². The van der Waals surface area contributed by atoms with Gasteiger partial charge in [0, 0.05) is 6.54 Å². The quantitative estimate of drug-likeness (QED) is 0.867. The summed E-state index contributed by atoms with van der Waals surface area (Å²) in [4.78, 5) is 11.9.